The summed E-state index contributed by atoms with van der Waals surface area (Å²) in [6.07, 6.45) is 1.60. The predicted octanol–water partition coefficient (Wildman–Crippen LogP) is 2.45. The molecule has 1 aromatic heterocycles. The molecule has 22 heavy (non-hydrogen) atoms. The zero-order valence-corrected chi connectivity index (χ0v) is 13.1. The first-order valence-electron chi connectivity index (χ1n) is 7.22. The highest BCUT2D eigenvalue weighted by Gasteiger charge is 2.21. The number of likely N-dealkylation sites (N-methyl/N-ethyl adjacent to an activating group) is 1. The largest absolute Gasteiger partial charge is 0.341 e. The molecule has 0 unspecified atom stereocenters. The van der Waals surface area contributed by atoms with Gasteiger partial charge in [0, 0.05) is 43.7 Å². The maximum atomic E-state index is 11.6. The van der Waals surface area contributed by atoms with Gasteiger partial charge in [0.25, 0.3) is 0 Å². The van der Waals surface area contributed by atoms with Gasteiger partial charge in [0.05, 0.1) is 0 Å². The predicted molar refractivity (Wildman–Crippen MR) is 83.8 cm³/mol. The van der Waals surface area contributed by atoms with Gasteiger partial charge >= 0.3 is 6.01 Å². The summed E-state index contributed by atoms with van der Waals surface area (Å²) in [5.74, 6) is 0.722. The molecule has 0 radical (unpaired) electrons. The summed E-state index contributed by atoms with van der Waals surface area (Å²) in [5, 5.41) is 4.61. The number of hydrogen-bond donors (Lipinski definition) is 0. The van der Waals surface area contributed by atoms with Gasteiger partial charge in [-0.05, 0) is 18.6 Å². The molecule has 1 saturated heterocycles. The minimum absolute atomic E-state index is 0.221. The molecule has 0 bridgehead atoms. The summed E-state index contributed by atoms with van der Waals surface area (Å²) in [6.45, 7) is 2.16. The highest BCUT2D eigenvalue weighted by atomic mass is 35.5. The standard InChI is InChI=1S/C15H17ClN4O2/c1-19(8-9-20-7-3-6-13(20)21)15-17-14(18-22-15)11-4-2-5-12(16)10-11/h2,4-5,10H,3,6-9H2,1H3. The fourth-order valence-corrected chi connectivity index (χ4v) is 2.61. The molecule has 0 saturated carbocycles. The number of nitrogens with zero attached hydrogens (tertiary/aromatic N) is 4. The van der Waals surface area contributed by atoms with E-state index in [2.05, 4.69) is 10.1 Å². The Labute approximate surface area is 133 Å². The van der Waals surface area contributed by atoms with E-state index in [1.165, 1.54) is 0 Å². The summed E-state index contributed by atoms with van der Waals surface area (Å²) in [7, 11) is 1.87. The second-order valence-corrected chi connectivity index (χ2v) is 5.75. The molecule has 1 aliphatic heterocycles. The maximum Gasteiger partial charge on any atom is 0.324 e. The van der Waals surface area contributed by atoms with Crippen LogP contribution in [-0.2, 0) is 4.79 Å². The van der Waals surface area contributed by atoms with Crippen LogP contribution in [0, 0.1) is 0 Å². The van der Waals surface area contributed by atoms with Crippen LogP contribution in [0.15, 0.2) is 28.8 Å². The average Bonchev–Trinajstić information content (AvgIpc) is 3.14. The van der Waals surface area contributed by atoms with Gasteiger partial charge in [0.15, 0.2) is 0 Å². The van der Waals surface area contributed by atoms with E-state index in [4.69, 9.17) is 16.1 Å². The van der Waals surface area contributed by atoms with Crippen molar-refractivity contribution in [1.82, 2.24) is 15.0 Å². The molecule has 6 nitrogen and oxygen atoms in total. The molecule has 0 atom stereocenters. The Kier molecular flexibility index (Phi) is 4.29. The van der Waals surface area contributed by atoms with Crippen LogP contribution in [0.5, 0.6) is 0 Å². The van der Waals surface area contributed by atoms with Gasteiger partial charge < -0.3 is 14.3 Å². The van der Waals surface area contributed by atoms with Gasteiger partial charge in [-0.2, -0.15) is 4.98 Å². The third kappa shape index (κ3) is 3.22. The first-order chi connectivity index (χ1) is 10.6. The molecule has 2 aromatic rings. The third-order valence-electron chi connectivity index (χ3n) is 3.70. The Morgan fingerprint density at radius 1 is 1.45 bits per heavy atom. The van der Waals surface area contributed by atoms with Gasteiger partial charge in [-0.25, -0.2) is 0 Å². The van der Waals surface area contributed by atoms with Gasteiger partial charge in [-0.1, -0.05) is 28.9 Å². The molecule has 1 aliphatic rings. The number of likely N-dealkylation sites (tertiary alicyclic amines) is 1. The van der Waals surface area contributed by atoms with Crippen LogP contribution in [0.1, 0.15) is 12.8 Å². The van der Waals surface area contributed by atoms with Crippen LogP contribution in [-0.4, -0.2) is 47.6 Å². The van der Waals surface area contributed by atoms with Crippen molar-refractivity contribution in [1.29, 1.82) is 0 Å². The lowest BCUT2D eigenvalue weighted by Gasteiger charge is -2.19. The van der Waals surface area contributed by atoms with E-state index >= 15 is 0 Å². The van der Waals surface area contributed by atoms with Crippen LogP contribution < -0.4 is 4.90 Å². The van der Waals surface area contributed by atoms with Crippen LogP contribution in [0.2, 0.25) is 5.02 Å². The summed E-state index contributed by atoms with van der Waals surface area (Å²) >= 11 is 5.97. The minimum Gasteiger partial charge on any atom is -0.341 e. The van der Waals surface area contributed by atoms with E-state index < -0.39 is 0 Å². The van der Waals surface area contributed by atoms with Gasteiger partial charge in [-0.3, -0.25) is 4.79 Å². The van der Waals surface area contributed by atoms with Gasteiger partial charge in [-0.15, -0.1) is 0 Å². The van der Waals surface area contributed by atoms with Gasteiger partial charge in [0.2, 0.25) is 11.7 Å². The molecule has 0 spiro atoms. The second-order valence-electron chi connectivity index (χ2n) is 5.32. The van der Waals surface area contributed by atoms with Crippen LogP contribution >= 0.6 is 11.6 Å². The quantitative estimate of drug-likeness (QED) is 0.846. The first kappa shape index (κ1) is 14.8. The van der Waals surface area contributed by atoms with Crippen molar-refractivity contribution in [3.05, 3.63) is 29.3 Å². The molecule has 0 N–H and O–H groups in total. The van der Waals surface area contributed by atoms with Crippen LogP contribution in [0.25, 0.3) is 11.4 Å². The Morgan fingerprint density at radius 3 is 3.05 bits per heavy atom. The van der Waals surface area contributed by atoms with Crippen molar-refractivity contribution in [3.8, 4) is 11.4 Å². The van der Waals surface area contributed by atoms with Gasteiger partial charge in [0.1, 0.15) is 0 Å². The molecule has 2 heterocycles. The van der Waals surface area contributed by atoms with E-state index in [1.807, 2.05) is 29.0 Å². The number of carbonyl (C=O) groups is 1. The molecular formula is C15H17ClN4O2. The third-order valence-corrected chi connectivity index (χ3v) is 3.94. The van der Waals surface area contributed by atoms with E-state index in [0.29, 0.717) is 36.4 Å². The van der Waals surface area contributed by atoms with E-state index in [0.717, 1.165) is 18.5 Å². The van der Waals surface area contributed by atoms with Crippen molar-refractivity contribution in [2.24, 2.45) is 0 Å². The van der Waals surface area contributed by atoms with Crippen molar-refractivity contribution < 1.29 is 9.32 Å². The highest BCUT2D eigenvalue weighted by molar-refractivity contribution is 6.30. The second kappa shape index (κ2) is 6.36. The lowest BCUT2D eigenvalue weighted by molar-refractivity contribution is -0.127. The van der Waals surface area contributed by atoms with E-state index in [9.17, 15) is 4.79 Å². The monoisotopic (exact) mass is 320 g/mol. The Hall–Kier alpha value is -2.08. The fraction of sp³-hybridized carbons (Fsp3) is 0.400. The maximum absolute atomic E-state index is 11.6. The molecule has 1 fully saturated rings. The number of hydrogen-bond acceptors (Lipinski definition) is 5. The SMILES string of the molecule is CN(CCN1CCCC1=O)c1nc(-c2cccc(Cl)c2)no1. The Morgan fingerprint density at radius 2 is 2.32 bits per heavy atom. The minimum atomic E-state index is 0.221. The highest BCUT2D eigenvalue weighted by Crippen LogP contribution is 2.22. The average molecular weight is 321 g/mol. The van der Waals surface area contributed by atoms with Crippen molar-refractivity contribution >= 4 is 23.5 Å². The van der Waals surface area contributed by atoms with Crippen molar-refractivity contribution in [2.45, 2.75) is 12.8 Å². The lowest BCUT2D eigenvalue weighted by atomic mass is 10.2. The number of benzene rings is 1. The lowest BCUT2D eigenvalue weighted by Crippen LogP contribution is -2.34. The topological polar surface area (TPSA) is 62.5 Å². The fourth-order valence-electron chi connectivity index (χ4n) is 2.42. The van der Waals surface area contributed by atoms with Crippen molar-refractivity contribution in [2.75, 3.05) is 31.6 Å². The number of carbonyl (C=O) groups excluding carboxylic acids is 1. The first-order valence-corrected chi connectivity index (χ1v) is 7.60. The zero-order chi connectivity index (χ0) is 15.5. The smallest absolute Gasteiger partial charge is 0.324 e. The molecule has 1 aromatic carbocycles. The van der Waals surface area contributed by atoms with E-state index in [-0.39, 0.29) is 5.91 Å². The Bertz CT molecular complexity index is 673. The number of halogens is 1. The Balaban J connectivity index is 1.64. The summed E-state index contributed by atoms with van der Waals surface area (Å²) in [6, 6.07) is 7.74. The molecule has 1 amide bonds. The summed E-state index contributed by atoms with van der Waals surface area (Å²) in [4.78, 5) is 19.7. The normalized spacial score (nSPS) is 14.6. The number of rotatable bonds is 5. The summed E-state index contributed by atoms with van der Waals surface area (Å²) in [5.41, 5.74) is 0.811. The van der Waals surface area contributed by atoms with Crippen molar-refractivity contribution in [3.63, 3.8) is 0 Å². The molecule has 7 heteroatoms. The molecule has 116 valence electrons. The number of anilines is 1. The van der Waals surface area contributed by atoms with Crippen LogP contribution in [0.4, 0.5) is 6.01 Å². The van der Waals surface area contributed by atoms with E-state index in [1.54, 1.807) is 12.1 Å². The van der Waals surface area contributed by atoms with Crippen LogP contribution in [0.3, 0.4) is 0 Å². The zero-order valence-electron chi connectivity index (χ0n) is 12.3. The number of amides is 1. The summed E-state index contributed by atoms with van der Waals surface area (Å²) < 4.78 is 5.28. The molecular weight excluding hydrogens is 304 g/mol. The number of aromatic nitrogens is 2. The molecule has 3 rings (SSSR count). The molecule has 0 aliphatic carbocycles.